The Labute approximate surface area is 130 Å². The fraction of sp³-hybridized carbons (Fsp3) is 0.312. The van der Waals surface area contributed by atoms with Crippen LogP contribution in [-0.2, 0) is 11.2 Å². The molecular formula is C16H20ClN3O. The first kappa shape index (κ1) is 15.6. The van der Waals surface area contributed by atoms with Crippen LogP contribution in [0.15, 0.2) is 42.6 Å². The highest BCUT2D eigenvalue weighted by Crippen LogP contribution is 2.17. The lowest BCUT2D eigenvalue weighted by Crippen LogP contribution is -2.32. The standard InChI is InChI=1S/C16H20ClN3O/c1-19(2)10-8-18-16(21)12-15-7-4-9-20(15)14-6-3-5-13(17)11-14/h3-7,9,11H,8,10,12H2,1-2H3,(H,18,21). The highest BCUT2D eigenvalue weighted by Gasteiger charge is 2.08. The van der Waals surface area contributed by atoms with Gasteiger partial charge in [-0.3, -0.25) is 4.79 Å². The van der Waals surface area contributed by atoms with Crippen molar-refractivity contribution < 1.29 is 4.79 Å². The van der Waals surface area contributed by atoms with Crippen LogP contribution in [-0.4, -0.2) is 42.6 Å². The Kier molecular flexibility index (Phi) is 5.42. The Morgan fingerprint density at radius 3 is 2.81 bits per heavy atom. The lowest BCUT2D eigenvalue weighted by atomic mass is 10.2. The van der Waals surface area contributed by atoms with Gasteiger partial charge in [0.25, 0.3) is 0 Å². The van der Waals surface area contributed by atoms with Crippen LogP contribution in [0.25, 0.3) is 5.69 Å². The Bertz CT molecular complexity index is 607. The molecule has 0 aliphatic carbocycles. The molecule has 5 heteroatoms. The molecule has 0 aliphatic rings. The maximum absolute atomic E-state index is 12.0. The smallest absolute Gasteiger partial charge is 0.225 e. The van der Waals surface area contributed by atoms with Crippen molar-refractivity contribution in [1.29, 1.82) is 0 Å². The third kappa shape index (κ3) is 4.62. The molecule has 0 saturated carbocycles. The van der Waals surface area contributed by atoms with Crippen LogP contribution in [0.4, 0.5) is 0 Å². The molecule has 0 radical (unpaired) electrons. The molecule has 2 aromatic rings. The molecule has 2 rings (SSSR count). The molecule has 0 spiro atoms. The van der Waals surface area contributed by atoms with Crippen molar-refractivity contribution in [2.24, 2.45) is 0 Å². The second kappa shape index (κ2) is 7.29. The van der Waals surface area contributed by atoms with Gasteiger partial charge < -0.3 is 14.8 Å². The SMILES string of the molecule is CN(C)CCNC(=O)Cc1cccn1-c1cccc(Cl)c1. The van der Waals surface area contributed by atoms with Crippen molar-refractivity contribution >= 4 is 17.5 Å². The van der Waals surface area contributed by atoms with Crippen LogP contribution < -0.4 is 5.32 Å². The topological polar surface area (TPSA) is 37.3 Å². The molecule has 4 nitrogen and oxygen atoms in total. The first-order valence-corrected chi connectivity index (χ1v) is 7.27. The number of halogens is 1. The normalized spacial score (nSPS) is 10.9. The van der Waals surface area contributed by atoms with E-state index in [0.717, 1.165) is 17.9 Å². The highest BCUT2D eigenvalue weighted by atomic mass is 35.5. The molecule has 0 aliphatic heterocycles. The molecule has 1 amide bonds. The Balaban J connectivity index is 2.02. The van der Waals surface area contributed by atoms with E-state index in [0.29, 0.717) is 18.0 Å². The van der Waals surface area contributed by atoms with Crippen molar-refractivity contribution in [2.45, 2.75) is 6.42 Å². The van der Waals surface area contributed by atoms with Crippen molar-refractivity contribution in [1.82, 2.24) is 14.8 Å². The summed E-state index contributed by atoms with van der Waals surface area (Å²) >= 11 is 6.02. The summed E-state index contributed by atoms with van der Waals surface area (Å²) in [5, 5.41) is 3.61. The van der Waals surface area contributed by atoms with Gasteiger partial charge in [0.2, 0.25) is 5.91 Å². The monoisotopic (exact) mass is 305 g/mol. The average molecular weight is 306 g/mol. The predicted molar refractivity (Wildman–Crippen MR) is 86.0 cm³/mol. The van der Waals surface area contributed by atoms with Crippen molar-refractivity contribution in [3.63, 3.8) is 0 Å². The number of carbonyl (C=O) groups is 1. The van der Waals surface area contributed by atoms with E-state index in [1.54, 1.807) is 0 Å². The first-order chi connectivity index (χ1) is 10.1. The molecule has 21 heavy (non-hydrogen) atoms. The summed E-state index contributed by atoms with van der Waals surface area (Å²) in [6.45, 7) is 1.49. The molecule has 112 valence electrons. The highest BCUT2D eigenvalue weighted by molar-refractivity contribution is 6.30. The van der Waals surface area contributed by atoms with E-state index >= 15 is 0 Å². The third-order valence-electron chi connectivity index (χ3n) is 3.14. The van der Waals surface area contributed by atoms with Gasteiger partial charge in [0.05, 0.1) is 6.42 Å². The number of rotatable bonds is 6. The number of amides is 1. The summed E-state index contributed by atoms with van der Waals surface area (Å²) in [6.07, 6.45) is 2.29. The summed E-state index contributed by atoms with van der Waals surface area (Å²) in [4.78, 5) is 14.0. The maximum atomic E-state index is 12.0. The van der Waals surface area contributed by atoms with Gasteiger partial charge >= 0.3 is 0 Å². The Morgan fingerprint density at radius 1 is 1.29 bits per heavy atom. The van der Waals surface area contributed by atoms with E-state index in [9.17, 15) is 4.79 Å². The minimum Gasteiger partial charge on any atom is -0.354 e. The third-order valence-corrected chi connectivity index (χ3v) is 3.38. The second-order valence-electron chi connectivity index (χ2n) is 5.18. The number of nitrogens with one attached hydrogen (secondary N) is 1. The molecule has 0 atom stereocenters. The molecule has 0 fully saturated rings. The van der Waals surface area contributed by atoms with E-state index in [1.165, 1.54) is 0 Å². The van der Waals surface area contributed by atoms with Crippen LogP contribution in [0.2, 0.25) is 5.02 Å². The number of carbonyl (C=O) groups excluding carboxylic acids is 1. The minimum atomic E-state index is 0.0267. The fourth-order valence-corrected chi connectivity index (χ4v) is 2.27. The van der Waals surface area contributed by atoms with Gasteiger partial charge in [0.1, 0.15) is 0 Å². The number of aromatic nitrogens is 1. The van der Waals surface area contributed by atoms with Crippen LogP contribution >= 0.6 is 11.6 Å². The van der Waals surface area contributed by atoms with Gasteiger partial charge in [-0.15, -0.1) is 0 Å². The molecule has 1 aromatic heterocycles. The first-order valence-electron chi connectivity index (χ1n) is 6.90. The van der Waals surface area contributed by atoms with Gasteiger partial charge in [-0.05, 0) is 44.4 Å². The zero-order valence-corrected chi connectivity index (χ0v) is 13.1. The zero-order chi connectivity index (χ0) is 15.2. The molecule has 1 N–H and O–H groups in total. The molecule has 0 unspecified atom stereocenters. The Morgan fingerprint density at radius 2 is 2.10 bits per heavy atom. The number of likely N-dealkylation sites (N-methyl/N-ethyl adjacent to an activating group) is 1. The van der Waals surface area contributed by atoms with Crippen LogP contribution in [0, 0.1) is 0 Å². The van der Waals surface area contributed by atoms with Crippen LogP contribution in [0.1, 0.15) is 5.69 Å². The molecule has 0 saturated heterocycles. The lowest BCUT2D eigenvalue weighted by Gasteiger charge is -2.12. The van der Waals surface area contributed by atoms with Crippen LogP contribution in [0.3, 0.4) is 0 Å². The van der Waals surface area contributed by atoms with Gasteiger partial charge in [-0.2, -0.15) is 0 Å². The summed E-state index contributed by atoms with van der Waals surface area (Å²) in [5.74, 6) is 0.0267. The van der Waals surface area contributed by atoms with E-state index in [2.05, 4.69) is 5.32 Å². The van der Waals surface area contributed by atoms with E-state index < -0.39 is 0 Å². The second-order valence-corrected chi connectivity index (χ2v) is 5.62. The quantitative estimate of drug-likeness (QED) is 0.889. The number of nitrogens with zero attached hydrogens (tertiary/aromatic N) is 2. The van der Waals surface area contributed by atoms with Gasteiger partial charge in [-0.1, -0.05) is 17.7 Å². The Hall–Kier alpha value is -1.78. The molecule has 0 bridgehead atoms. The van der Waals surface area contributed by atoms with E-state index in [1.807, 2.05) is 66.2 Å². The van der Waals surface area contributed by atoms with E-state index in [-0.39, 0.29) is 5.91 Å². The molecule has 1 heterocycles. The predicted octanol–water partition coefficient (Wildman–Crippen LogP) is 2.35. The minimum absolute atomic E-state index is 0.0267. The molecular weight excluding hydrogens is 286 g/mol. The lowest BCUT2D eigenvalue weighted by molar-refractivity contribution is -0.120. The van der Waals surface area contributed by atoms with Crippen molar-refractivity contribution in [3.8, 4) is 5.69 Å². The average Bonchev–Trinajstić information content (AvgIpc) is 2.86. The zero-order valence-electron chi connectivity index (χ0n) is 12.3. The molecule has 1 aromatic carbocycles. The van der Waals surface area contributed by atoms with Crippen molar-refractivity contribution in [3.05, 3.63) is 53.3 Å². The van der Waals surface area contributed by atoms with Crippen LogP contribution in [0.5, 0.6) is 0 Å². The summed E-state index contributed by atoms with van der Waals surface area (Å²) in [5.41, 5.74) is 1.91. The van der Waals surface area contributed by atoms with Crippen molar-refractivity contribution in [2.75, 3.05) is 27.2 Å². The number of hydrogen-bond donors (Lipinski definition) is 1. The maximum Gasteiger partial charge on any atom is 0.225 e. The largest absolute Gasteiger partial charge is 0.354 e. The summed E-state index contributed by atoms with van der Waals surface area (Å²) in [7, 11) is 3.97. The van der Waals surface area contributed by atoms with Gasteiger partial charge in [0.15, 0.2) is 0 Å². The fourth-order valence-electron chi connectivity index (χ4n) is 2.08. The summed E-state index contributed by atoms with van der Waals surface area (Å²) < 4.78 is 1.98. The number of benzene rings is 1. The van der Waals surface area contributed by atoms with Gasteiger partial charge in [0, 0.05) is 35.7 Å². The van der Waals surface area contributed by atoms with E-state index in [4.69, 9.17) is 11.6 Å². The summed E-state index contributed by atoms with van der Waals surface area (Å²) in [6, 6.07) is 11.5. The number of hydrogen-bond acceptors (Lipinski definition) is 2. The van der Waals surface area contributed by atoms with Gasteiger partial charge in [-0.25, -0.2) is 0 Å².